The van der Waals surface area contributed by atoms with Crippen molar-refractivity contribution >= 4 is 11.9 Å². The lowest BCUT2D eigenvalue weighted by Gasteiger charge is -2.46. The number of ether oxygens (including phenoxy) is 2. The quantitative estimate of drug-likeness (QED) is 0.550. The summed E-state index contributed by atoms with van der Waals surface area (Å²) in [6.07, 6.45) is 4.39. The van der Waals surface area contributed by atoms with Gasteiger partial charge in [0.15, 0.2) is 0 Å². The Balaban J connectivity index is 1.46. The van der Waals surface area contributed by atoms with Crippen LogP contribution in [0.25, 0.3) is 0 Å². The van der Waals surface area contributed by atoms with E-state index in [0.29, 0.717) is 64.6 Å². The number of hydrogen-bond donors (Lipinski definition) is 0. The highest BCUT2D eigenvalue weighted by atomic mass is 17.4. The summed E-state index contributed by atoms with van der Waals surface area (Å²) in [4.78, 5) is 46.1. The number of hydrogen-bond acceptors (Lipinski definition) is 8. The Bertz CT molecular complexity index is 445. The lowest BCUT2D eigenvalue weighted by molar-refractivity contribution is -0.663. The molecule has 0 aromatic heterocycles. The molecule has 0 atom stereocenters. The topological polar surface area (TPSA) is 89.5 Å². The smallest absolute Gasteiger partial charge is 0.308 e. The molecule has 3 aliphatic rings. The van der Waals surface area contributed by atoms with Gasteiger partial charge in [0.05, 0.1) is 25.0 Å². The highest BCUT2D eigenvalue weighted by molar-refractivity contribution is 5.72. The first-order valence-corrected chi connectivity index (χ1v) is 9.58. The first-order chi connectivity index (χ1) is 12.5. The van der Waals surface area contributed by atoms with Gasteiger partial charge < -0.3 is 9.47 Å². The molecule has 8 heteroatoms. The molecule has 8 nitrogen and oxygen atoms in total. The van der Waals surface area contributed by atoms with Crippen molar-refractivity contribution in [3.8, 4) is 0 Å². The molecular weight excluding hydrogens is 344 g/mol. The van der Waals surface area contributed by atoms with Crippen molar-refractivity contribution in [2.45, 2.75) is 76.8 Å². The van der Waals surface area contributed by atoms with Gasteiger partial charge in [-0.2, -0.15) is 19.6 Å². The minimum absolute atomic E-state index is 0.135. The van der Waals surface area contributed by atoms with Crippen LogP contribution in [0.15, 0.2) is 0 Å². The first kappa shape index (κ1) is 19.5. The van der Waals surface area contributed by atoms with E-state index >= 15 is 0 Å². The van der Waals surface area contributed by atoms with E-state index in [0.717, 1.165) is 0 Å². The fourth-order valence-electron chi connectivity index (χ4n) is 3.77. The van der Waals surface area contributed by atoms with Crippen LogP contribution in [-0.4, -0.2) is 36.7 Å². The standard InChI is InChI=1S/C18H28O8/c1-3-21-15(19)13-5-9-17(10-6-13)23-25-18(26-24-17)11-7-14(8-12-18)16(20)22-4-2/h13-14H,3-12H2,1-2H3. The summed E-state index contributed by atoms with van der Waals surface area (Å²) in [6.45, 7) is 4.37. The third-order valence-corrected chi connectivity index (χ3v) is 5.43. The zero-order valence-corrected chi connectivity index (χ0v) is 15.5. The van der Waals surface area contributed by atoms with E-state index < -0.39 is 11.6 Å². The van der Waals surface area contributed by atoms with Crippen LogP contribution in [0.5, 0.6) is 0 Å². The summed E-state index contributed by atoms with van der Waals surface area (Å²) < 4.78 is 10.1. The van der Waals surface area contributed by atoms with Gasteiger partial charge in [0.25, 0.3) is 0 Å². The van der Waals surface area contributed by atoms with Gasteiger partial charge in [-0.05, 0) is 39.5 Å². The van der Waals surface area contributed by atoms with Gasteiger partial charge in [0, 0.05) is 25.7 Å². The Labute approximate surface area is 153 Å². The van der Waals surface area contributed by atoms with E-state index in [1.54, 1.807) is 13.8 Å². The van der Waals surface area contributed by atoms with Crippen molar-refractivity contribution in [1.82, 2.24) is 0 Å². The zero-order valence-electron chi connectivity index (χ0n) is 15.5. The molecule has 0 unspecified atom stereocenters. The van der Waals surface area contributed by atoms with Crippen molar-refractivity contribution in [3.05, 3.63) is 0 Å². The van der Waals surface area contributed by atoms with Crippen LogP contribution in [-0.2, 0) is 38.6 Å². The Morgan fingerprint density at radius 3 is 1.31 bits per heavy atom. The summed E-state index contributed by atoms with van der Waals surface area (Å²) in [7, 11) is 0. The van der Waals surface area contributed by atoms with Gasteiger partial charge >= 0.3 is 11.9 Å². The molecule has 3 fully saturated rings. The maximum absolute atomic E-state index is 11.8. The molecule has 2 saturated carbocycles. The normalized spacial score (nSPS) is 37.5. The van der Waals surface area contributed by atoms with E-state index in [2.05, 4.69) is 0 Å². The van der Waals surface area contributed by atoms with Gasteiger partial charge in [-0.25, -0.2) is 0 Å². The lowest BCUT2D eigenvalue weighted by atomic mass is 9.84. The van der Waals surface area contributed by atoms with Crippen molar-refractivity contribution < 1.29 is 38.6 Å². The molecule has 1 heterocycles. The Morgan fingerprint density at radius 2 is 1.04 bits per heavy atom. The highest BCUT2D eigenvalue weighted by Crippen LogP contribution is 2.46. The molecular formula is C18H28O8. The molecule has 148 valence electrons. The van der Waals surface area contributed by atoms with Crippen molar-refractivity contribution in [2.24, 2.45) is 11.8 Å². The molecule has 26 heavy (non-hydrogen) atoms. The molecule has 2 spiro atoms. The van der Waals surface area contributed by atoms with Crippen LogP contribution in [0.2, 0.25) is 0 Å². The van der Waals surface area contributed by atoms with Gasteiger partial charge in [0.2, 0.25) is 11.6 Å². The minimum Gasteiger partial charge on any atom is -0.466 e. The van der Waals surface area contributed by atoms with Crippen LogP contribution in [0.4, 0.5) is 0 Å². The fourth-order valence-corrected chi connectivity index (χ4v) is 3.77. The van der Waals surface area contributed by atoms with Crippen LogP contribution in [0.3, 0.4) is 0 Å². The van der Waals surface area contributed by atoms with Gasteiger partial charge in [-0.3, -0.25) is 9.59 Å². The highest BCUT2D eigenvalue weighted by Gasteiger charge is 2.52. The predicted molar refractivity (Wildman–Crippen MR) is 87.0 cm³/mol. The van der Waals surface area contributed by atoms with Crippen molar-refractivity contribution in [2.75, 3.05) is 13.2 Å². The molecule has 3 rings (SSSR count). The van der Waals surface area contributed by atoms with Gasteiger partial charge in [-0.15, -0.1) is 0 Å². The zero-order chi connectivity index (χ0) is 18.6. The first-order valence-electron chi connectivity index (χ1n) is 9.58. The van der Waals surface area contributed by atoms with E-state index in [-0.39, 0.29) is 23.8 Å². The van der Waals surface area contributed by atoms with E-state index in [1.807, 2.05) is 0 Å². The van der Waals surface area contributed by atoms with Crippen molar-refractivity contribution in [3.63, 3.8) is 0 Å². The summed E-state index contributed by atoms with van der Waals surface area (Å²) in [5.74, 6) is -2.55. The maximum atomic E-state index is 11.8. The number of esters is 2. The average molecular weight is 372 g/mol. The molecule has 0 bridgehead atoms. The van der Waals surface area contributed by atoms with Crippen LogP contribution >= 0.6 is 0 Å². The summed E-state index contributed by atoms with van der Waals surface area (Å²) in [5, 5.41) is 0. The van der Waals surface area contributed by atoms with E-state index in [1.165, 1.54) is 0 Å². The summed E-state index contributed by atoms with van der Waals surface area (Å²) >= 11 is 0. The van der Waals surface area contributed by atoms with Crippen LogP contribution < -0.4 is 0 Å². The SMILES string of the molecule is CCOC(=O)C1CCC2(CC1)OOC1(CCC(C(=O)OCC)CC1)OO2. The lowest BCUT2D eigenvalue weighted by Crippen LogP contribution is -2.54. The molecule has 0 radical (unpaired) electrons. The molecule has 0 N–H and O–H groups in total. The largest absolute Gasteiger partial charge is 0.466 e. The fraction of sp³-hybridized carbons (Fsp3) is 0.889. The third kappa shape index (κ3) is 4.19. The number of rotatable bonds is 4. The Hall–Kier alpha value is -1.22. The monoisotopic (exact) mass is 372 g/mol. The maximum Gasteiger partial charge on any atom is 0.308 e. The molecule has 1 aliphatic heterocycles. The molecule has 2 aliphatic carbocycles. The number of carbonyl (C=O) groups is 2. The molecule has 0 amide bonds. The van der Waals surface area contributed by atoms with Crippen LogP contribution in [0, 0.1) is 11.8 Å². The molecule has 0 aromatic carbocycles. The van der Waals surface area contributed by atoms with E-state index in [9.17, 15) is 9.59 Å². The third-order valence-electron chi connectivity index (χ3n) is 5.43. The Morgan fingerprint density at radius 1 is 0.731 bits per heavy atom. The average Bonchev–Trinajstić information content (AvgIpc) is 2.66. The second-order valence-electron chi connectivity index (χ2n) is 7.21. The molecule has 0 aromatic rings. The summed E-state index contributed by atoms with van der Waals surface area (Å²) in [6, 6.07) is 0. The molecule has 1 saturated heterocycles. The Kier molecular flexibility index (Phi) is 6.17. The summed E-state index contributed by atoms with van der Waals surface area (Å²) in [5.41, 5.74) is 0. The van der Waals surface area contributed by atoms with Crippen molar-refractivity contribution in [1.29, 1.82) is 0 Å². The minimum atomic E-state index is -0.966. The van der Waals surface area contributed by atoms with Gasteiger partial charge in [-0.1, -0.05) is 0 Å². The second-order valence-corrected chi connectivity index (χ2v) is 7.21. The van der Waals surface area contributed by atoms with E-state index in [4.69, 9.17) is 29.0 Å². The van der Waals surface area contributed by atoms with Gasteiger partial charge in [0.1, 0.15) is 0 Å². The predicted octanol–water partition coefficient (Wildman–Crippen LogP) is 2.80. The number of carbonyl (C=O) groups excluding carboxylic acids is 2. The van der Waals surface area contributed by atoms with Crippen LogP contribution in [0.1, 0.15) is 65.2 Å². The second kappa shape index (κ2) is 8.21.